The molecule has 4 rings (SSSR count). The molecule has 2 saturated heterocycles. The van der Waals surface area contributed by atoms with E-state index >= 15 is 0 Å². The van der Waals surface area contributed by atoms with Crippen molar-refractivity contribution in [3.8, 4) is 0 Å². The fourth-order valence-corrected chi connectivity index (χ4v) is 5.09. The Labute approximate surface area is 166 Å². The standard InChI is InChI=1S/C21H25N3O3S/c1-15-7-8-19(28(26,27)23-10-16-5-3-2-4-6-16)9-20(15)21(25)24-13-17-11-22-12-18(17)14-24/h2-9,17-18,22-23H,10-14H2,1H3/t17-,18+. The first kappa shape index (κ1) is 19.1. The van der Waals surface area contributed by atoms with E-state index < -0.39 is 10.0 Å². The minimum atomic E-state index is -3.70. The van der Waals surface area contributed by atoms with Crippen LogP contribution in [-0.2, 0) is 16.6 Å². The summed E-state index contributed by atoms with van der Waals surface area (Å²) in [5.41, 5.74) is 2.14. The van der Waals surface area contributed by atoms with Gasteiger partial charge in [0, 0.05) is 38.3 Å². The summed E-state index contributed by atoms with van der Waals surface area (Å²) < 4.78 is 28.1. The Balaban J connectivity index is 1.52. The Morgan fingerprint density at radius 2 is 1.79 bits per heavy atom. The maximum absolute atomic E-state index is 13.0. The van der Waals surface area contributed by atoms with E-state index in [0.717, 1.165) is 37.3 Å². The van der Waals surface area contributed by atoms with E-state index in [4.69, 9.17) is 0 Å². The van der Waals surface area contributed by atoms with Crippen LogP contribution >= 0.6 is 0 Å². The van der Waals surface area contributed by atoms with Crippen LogP contribution in [0.25, 0.3) is 0 Å². The highest BCUT2D eigenvalue weighted by molar-refractivity contribution is 7.89. The normalized spacial score (nSPS) is 21.7. The second-order valence-corrected chi connectivity index (χ2v) is 9.44. The molecule has 0 saturated carbocycles. The predicted molar refractivity (Wildman–Crippen MR) is 107 cm³/mol. The number of carbonyl (C=O) groups is 1. The van der Waals surface area contributed by atoms with Gasteiger partial charge in [-0.05, 0) is 42.0 Å². The number of sulfonamides is 1. The minimum Gasteiger partial charge on any atom is -0.338 e. The molecule has 2 fully saturated rings. The van der Waals surface area contributed by atoms with E-state index in [1.807, 2.05) is 42.2 Å². The quantitative estimate of drug-likeness (QED) is 0.803. The van der Waals surface area contributed by atoms with Gasteiger partial charge in [0.1, 0.15) is 0 Å². The molecule has 0 radical (unpaired) electrons. The number of amides is 1. The molecular weight excluding hydrogens is 374 g/mol. The molecule has 7 heteroatoms. The molecule has 2 N–H and O–H groups in total. The van der Waals surface area contributed by atoms with Crippen LogP contribution in [0, 0.1) is 18.8 Å². The summed E-state index contributed by atoms with van der Waals surface area (Å²) in [4.78, 5) is 15.0. The number of fused-ring (bicyclic) bond motifs is 1. The van der Waals surface area contributed by atoms with Gasteiger partial charge in [-0.25, -0.2) is 13.1 Å². The average Bonchev–Trinajstić information content (AvgIpc) is 3.29. The number of nitrogens with one attached hydrogen (secondary N) is 2. The SMILES string of the molecule is Cc1ccc(S(=O)(=O)NCc2ccccc2)cc1C(=O)N1C[C@H]2CNC[C@H]2C1. The van der Waals surface area contributed by atoms with Crippen molar-refractivity contribution >= 4 is 15.9 Å². The highest BCUT2D eigenvalue weighted by Crippen LogP contribution is 2.28. The van der Waals surface area contributed by atoms with Crippen LogP contribution in [-0.4, -0.2) is 45.4 Å². The Bertz CT molecular complexity index is 964. The van der Waals surface area contributed by atoms with Gasteiger partial charge in [0.15, 0.2) is 0 Å². The third kappa shape index (κ3) is 3.83. The molecule has 2 aromatic carbocycles. The molecular formula is C21H25N3O3S. The summed E-state index contributed by atoms with van der Waals surface area (Å²) in [7, 11) is -3.70. The topological polar surface area (TPSA) is 78.5 Å². The molecule has 2 heterocycles. The average molecular weight is 400 g/mol. The molecule has 0 unspecified atom stereocenters. The van der Waals surface area contributed by atoms with Crippen molar-refractivity contribution in [1.82, 2.24) is 14.9 Å². The molecule has 6 nitrogen and oxygen atoms in total. The van der Waals surface area contributed by atoms with Crippen molar-refractivity contribution < 1.29 is 13.2 Å². The van der Waals surface area contributed by atoms with Crippen LogP contribution in [0.15, 0.2) is 53.4 Å². The Hall–Kier alpha value is -2.22. The molecule has 0 aliphatic carbocycles. The second-order valence-electron chi connectivity index (χ2n) is 7.68. The lowest BCUT2D eigenvalue weighted by molar-refractivity contribution is 0.0780. The van der Waals surface area contributed by atoms with Crippen molar-refractivity contribution in [3.05, 3.63) is 65.2 Å². The van der Waals surface area contributed by atoms with Gasteiger partial charge in [0.2, 0.25) is 10.0 Å². The van der Waals surface area contributed by atoms with Crippen LogP contribution < -0.4 is 10.0 Å². The van der Waals surface area contributed by atoms with Crippen LogP contribution in [0.5, 0.6) is 0 Å². The molecule has 2 atom stereocenters. The Kier molecular flexibility index (Phi) is 5.23. The van der Waals surface area contributed by atoms with Gasteiger partial charge in [0.25, 0.3) is 5.91 Å². The number of rotatable bonds is 5. The molecule has 2 aliphatic rings. The lowest BCUT2D eigenvalue weighted by Gasteiger charge is -2.19. The van der Waals surface area contributed by atoms with E-state index in [0.29, 0.717) is 17.4 Å². The van der Waals surface area contributed by atoms with E-state index in [1.165, 1.54) is 6.07 Å². The highest BCUT2D eigenvalue weighted by Gasteiger charge is 2.38. The maximum Gasteiger partial charge on any atom is 0.254 e. The lowest BCUT2D eigenvalue weighted by atomic mass is 10.0. The molecule has 148 valence electrons. The van der Waals surface area contributed by atoms with E-state index in [2.05, 4.69) is 10.0 Å². The highest BCUT2D eigenvalue weighted by atomic mass is 32.2. The predicted octanol–water partition coefficient (Wildman–Crippen LogP) is 1.76. The van der Waals surface area contributed by atoms with Crippen molar-refractivity contribution in [2.24, 2.45) is 11.8 Å². The van der Waals surface area contributed by atoms with Crippen molar-refractivity contribution in [1.29, 1.82) is 0 Å². The van der Waals surface area contributed by atoms with Crippen molar-refractivity contribution in [2.45, 2.75) is 18.4 Å². The van der Waals surface area contributed by atoms with Gasteiger partial charge in [0.05, 0.1) is 4.90 Å². The first-order valence-electron chi connectivity index (χ1n) is 9.58. The first-order chi connectivity index (χ1) is 13.4. The number of hydrogen-bond donors (Lipinski definition) is 2. The van der Waals surface area contributed by atoms with Gasteiger partial charge in [-0.3, -0.25) is 4.79 Å². The fourth-order valence-electron chi connectivity index (χ4n) is 4.05. The molecule has 0 spiro atoms. The van der Waals surface area contributed by atoms with Gasteiger partial charge >= 0.3 is 0 Å². The molecule has 1 amide bonds. The second kappa shape index (κ2) is 7.66. The summed E-state index contributed by atoms with van der Waals surface area (Å²) in [5, 5.41) is 3.37. The smallest absolute Gasteiger partial charge is 0.254 e. The van der Waals surface area contributed by atoms with Gasteiger partial charge < -0.3 is 10.2 Å². The van der Waals surface area contributed by atoms with Crippen LogP contribution in [0.2, 0.25) is 0 Å². The van der Waals surface area contributed by atoms with E-state index in [1.54, 1.807) is 12.1 Å². The number of likely N-dealkylation sites (tertiary alicyclic amines) is 1. The summed E-state index contributed by atoms with van der Waals surface area (Å²) >= 11 is 0. The number of aryl methyl sites for hydroxylation is 1. The monoisotopic (exact) mass is 399 g/mol. The molecule has 2 aliphatic heterocycles. The minimum absolute atomic E-state index is 0.0768. The van der Waals surface area contributed by atoms with Crippen molar-refractivity contribution in [2.75, 3.05) is 26.2 Å². The zero-order chi connectivity index (χ0) is 19.7. The zero-order valence-corrected chi connectivity index (χ0v) is 16.7. The van der Waals surface area contributed by atoms with E-state index in [9.17, 15) is 13.2 Å². The number of carbonyl (C=O) groups excluding carboxylic acids is 1. The van der Waals surface area contributed by atoms with Crippen LogP contribution in [0.1, 0.15) is 21.5 Å². The number of nitrogens with zero attached hydrogens (tertiary/aromatic N) is 1. The third-order valence-corrected chi connectivity index (χ3v) is 7.13. The third-order valence-electron chi connectivity index (χ3n) is 5.74. The van der Waals surface area contributed by atoms with Crippen molar-refractivity contribution in [3.63, 3.8) is 0 Å². The largest absolute Gasteiger partial charge is 0.338 e. The molecule has 0 bridgehead atoms. The first-order valence-corrected chi connectivity index (χ1v) is 11.1. The zero-order valence-electron chi connectivity index (χ0n) is 15.9. The summed E-state index contributed by atoms with van der Waals surface area (Å²) in [6.45, 7) is 5.43. The van der Waals surface area contributed by atoms with Crippen LogP contribution in [0.3, 0.4) is 0 Å². The fraction of sp³-hybridized carbons (Fsp3) is 0.381. The summed E-state index contributed by atoms with van der Waals surface area (Å²) in [6, 6.07) is 14.1. The Morgan fingerprint density at radius 3 is 2.46 bits per heavy atom. The summed E-state index contributed by atoms with van der Waals surface area (Å²) in [5.74, 6) is 0.930. The number of hydrogen-bond acceptors (Lipinski definition) is 4. The van der Waals surface area contributed by atoms with E-state index in [-0.39, 0.29) is 17.3 Å². The lowest BCUT2D eigenvalue weighted by Crippen LogP contribution is -2.32. The van der Waals surface area contributed by atoms with Gasteiger partial charge in [-0.1, -0.05) is 36.4 Å². The van der Waals surface area contributed by atoms with Gasteiger partial charge in [-0.2, -0.15) is 0 Å². The maximum atomic E-state index is 13.0. The Morgan fingerprint density at radius 1 is 1.11 bits per heavy atom. The number of benzene rings is 2. The molecule has 0 aromatic heterocycles. The molecule has 28 heavy (non-hydrogen) atoms. The van der Waals surface area contributed by atoms with Gasteiger partial charge in [-0.15, -0.1) is 0 Å². The summed E-state index contributed by atoms with van der Waals surface area (Å²) in [6.07, 6.45) is 0. The molecule has 2 aromatic rings. The van der Waals surface area contributed by atoms with Crippen LogP contribution in [0.4, 0.5) is 0 Å².